The highest BCUT2D eigenvalue weighted by Crippen LogP contribution is 2.19. The van der Waals surface area contributed by atoms with Gasteiger partial charge in [0.25, 0.3) is 5.91 Å². The lowest BCUT2D eigenvalue weighted by atomic mass is 10.2. The molecule has 0 bridgehead atoms. The van der Waals surface area contributed by atoms with Crippen molar-refractivity contribution in [1.82, 2.24) is 4.72 Å². The van der Waals surface area contributed by atoms with E-state index in [9.17, 15) is 13.2 Å². The topological polar surface area (TPSA) is 121 Å². The SMILES string of the molecule is C=CCNS(=O)(=O)Cc1ccc(NC(=O)c2ccc(COc3ccccc3C#N)o2)cc1. The number of nitrogens with one attached hydrogen (secondary N) is 2. The zero-order valence-electron chi connectivity index (χ0n) is 17.1. The molecule has 1 aromatic heterocycles. The van der Waals surface area contributed by atoms with Gasteiger partial charge in [0.15, 0.2) is 5.76 Å². The van der Waals surface area contributed by atoms with E-state index in [1.54, 1.807) is 54.6 Å². The number of hydrogen-bond acceptors (Lipinski definition) is 6. The van der Waals surface area contributed by atoms with Gasteiger partial charge in [0.05, 0.1) is 11.3 Å². The van der Waals surface area contributed by atoms with Gasteiger partial charge in [-0.15, -0.1) is 6.58 Å². The summed E-state index contributed by atoms with van der Waals surface area (Å²) >= 11 is 0. The zero-order valence-corrected chi connectivity index (χ0v) is 17.9. The molecule has 164 valence electrons. The molecule has 0 spiro atoms. The number of nitriles is 1. The quantitative estimate of drug-likeness (QED) is 0.454. The van der Waals surface area contributed by atoms with Crippen LogP contribution >= 0.6 is 0 Å². The van der Waals surface area contributed by atoms with Crippen molar-refractivity contribution in [2.45, 2.75) is 12.4 Å². The van der Waals surface area contributed by atoms with E-state index in [0.717, 1.165) is 0 Å². The fraction of sp³-hybridized carbons (Fsp3) is 0.130. The summed E-state index contributed by atoms with van der Waals surface area (Å²) in [5.74, 6) is 0.319. The molecule has 1 amide bonds. The number of rotatable bonds is 10. The van der Waals surface area contributed by atoms with Gasteiger partial charge < -0.3 is 14.5 Å². The Bertz CT molecular complexity index is 1240. The van der Waals surface area contributed by atoms with Gasteiger partial charge in [0.2, 0.25) is 10.0 Å². The van der Waals surface area contributed by atoms with Crippen LogP contribution in [0.5, 0.6) is 5.75 Å². The van der Waals surface area contributed by atoms with Gasteiger partial charge >= 0.3 is 0 Å². The number of sulfonamides is 1. The van der Waals surface area contributed by atoms with Crippen LogP contribution in [-0.2, 0) is 22.4 Å². The van der Waals surface area contributed by atoms with Gasteiger partial charge in [-0.25, -0.2) is 13.1 Å². The fourth-order valence-corrected chi connectivity index (χ4v) is 3.85. The Balaban J connectivity index is 1.57. The number of carbonyl (C=O) groups excluding carboxylic acids is 1. The van der Waals surface area contributed by atoms with E-state index in [0.29, 0.717) is 28.3 Å². The Morgan fingerprint density at radius 1 is 1.12 bits per heavy atom. The summed E-state index contributed by atoms with van der Waals surface area (Å²) in [5, 5.41) is 11.8. The van der Waals surface area contributed by atoms with Gasteiger partial charge in [-0.2, -0.15) is 5.26 Å². The monoisotopic (exact) mass is 451 g/mol. The molecule has 2 aromatic carbocycles. The maximum Gasteiger partial charge on any atom is 0.291 e. The summed E-state index contributed by atoms with van der Waals surface area (Å²) in [7, 11) is -3.46. The number of benzene rings is 2. The third kappa shape index (κ3) is 6.31. The minimum Gasteiger partial charge on any atom is -0.484 e. The van der Waals surface area contributed by atoms with Gasteiger partial charge in [-0.1, -0.05) is 30.3 Å². The van der Waals surface area contributed by atoms with Crippen LogP contribution in [-0.4, -0.2) is 20.9 Å². The molecule has 32 heavy (non-hydrogen) atoms. The first-order valence-electron chi connectivity index (χ1n) is 9.59. The maximum atomic E-state index is 12.4. The second-order valence-corrected chi connectivity index (χ2v) is 8.52. The van der Waals surface area contributed by atoms with Crippen molar-refractivity contribution < 1.29 is 22.4 Å². The number of furan rings is 1. The van der Waals surface area contributed by atoms with Crippen molar-refractivity contribution >= 4 is 21.6 Å². The van der Waals surface area contributed by atoms with Gasteiger partial charge in [-0.3, -0.25) is 4.79 Å². The smallest absolute Gasteiger partial charge is 0.291 e. The fourth-order valence-electron chi connectivity index (χ4n) is 2.74. The number of nitrogens with zero attached hydrogens (tertiary/aromatic N) is 1. The lowest BCUT2D eigenvalue weighted by Gasteiger charge is -2.07. The first kappa shape index (κ1) is 22.8. The normalized spacial score (nSPS) is 10.8. The van der Waals surface area contributed by atoms with Crippen LogP contribution in [0.15, 0.2) is 77.7 Å². The molecule has 0 saturated carbocycles. The molecule has 0 radical (unpaired) electrons. The van der Waals surface area contributed by atoms with Crippen molar-refractivity contribution in [3.8, 4) is 11.8 Å². The van der Waals surface area contributed by atoms with Crippen LogP contribution < -0.4 is 14.8 Å². The summed E-state index contributed by atoms with van der Waals surface area (Å²) in [6, 6.07) is 18.5. The molecule has 9 heteroatoms. The predicted octanol–water partition coefficient (Wildman–Crippen LogP) is 3.59. The summed E-state index contributed by atoms with van der Waals surface area (Å²) in [5.41, 5.74) is 1.48. The number of amides is 1. The molecule has 0 unspecified atom stereocenters. The number of ether oxygens (including phenoxy) is 1. The summed E-state index contributed by atoms with van der Waals surface area (Å²) in [4.78, 5) is 12.4. The highest BCUT2D eigenvalue weighted by Gasteiger charge is 2.14. The average molecular weight is 452 g/mol. The highest BCUT2D eigenvalue weighted by atomic mass is 32.2. The molecule has 0 aliphatic heterocycles. The Hall–Kier alpha value is -3.87. The predicted molar refractivity (Wildman–Crippen MR) is 119 cm³/mol. The van der Waals surface area contributed by atoms with Crippen molar-refractivity contribution in [3.63, 3.8) is 0 Å². The molecule has 2 N–H and O–H groups in total. The standard InChI is InChI=1S/C23H21N3O5S/c1-2-13-25-32(28,29)16-17-7-9-19(10-8-17)26-23(27)22-12-11-20(31-22)15-30-21-6-4-3-5-18(21)14-24/h2-12,25H,1,13,15-16H2,(H,26,27). The number of anilines is 1. The number of carbonyl (C=O) groups is 1. The highest BCUT2D eigenvalue weighted by molar-refractivity contribution is 7.88. The van der Waals surface area contributed by atoms with Crippen LogP contribution in [0.3, 0.4) is 0 Å². The number of para-hydroxylation sites is 1. The van der Waals surface area contributed by atoms with Crippen LogP contribution in [0.4, 0.5) is 5.69 Å². The van der Waals surface area contributed by atoms with Gasteiger partial charge in [-0.05, 0) is 42.0 Å². The lowest BCUT2D eigenvalue weighted by molar-refractivity contribution is 0.0992. The molecule has 0 saturated heterocycles. The van der Waals surface area contributed by atoms with Gasteiger partial charge in [0.1, 0.15) is 24.2 Å². The molecule has 0 fully saturated rings. The van der Waals surface area contributed by atoms with E-state index in [-0.39, 0.29) is 24.7 Å². The number of hydrogen-bond donors (Lipinski definition) is 2. The Morgan fingerprint density at radius 3 is 2.59 bits per heavy atom. The maximum absolute atomic E-state index is 12.4. The van der Waals surface area contributed by atoms with Crippen LogP contribution in [0, 0.1) is 11.3 Å². The molecule has 3 aromatic rings. The Morgan fingerprint density at radius 2 is 1.88 bits per heavy atom. The Labute approximate surface area is 186 Å². The molecule has 0 aliphatic carbocycles. The minimum absolute atomic E-state index is 0.0645. The molecular weight excluding hydrogens is 430 g/mol. The van der Waals surface area contributed by atoms with E-state index in [1.807, 2.05) is 6.07 Å². The van der Waals surface area contributed by atoms with Crippen molar-refractivity contribution in [2.24, 2.45) is 0 Å². The van der Waals surface area contributed by atoms with Crippen LogP contribution in [0.2, 0.25) is 0 Å². The molecule has 3 rings (SSSR count). The molecule has 1 heterocycles. The van der Waals surface area contributed by atoms with Crippen molar-refractivity contribution in [3.05, 3.63) is 96.0 Å². The van der Waals surface area contributed by atoms with E-state index in [1.165, 1.54) is 12.1 Å². The summed E-state index contributed by atoms with van der Waals surface area (Å²) in [6.07, 6.45) is 1.47. The summed E-state index contributed by atoms with van der Waals surface area (Å²) < 4.78 is 37.4. The molecule has 8 nitrogen and oxygen atoms in total. The van der Waals surface area contributed by atoms with Crippen LogP contribution in [0.25, 0.3) is 0 Å². The first-order chi connectivity index (χ1) is 15.4. The van der Waals surface area contributed by atoms with E-state index < -0.39 is 15.9 Å². The van der Waals surface area contributed by atoms with E-state index in [2.05, 4.69) is 16.6 Å². The first-order valence-corrected chi connectivity index (χ1v) is 11.2. The van der Waals surface area contributed by atoms with Crippen molar-refractivity contribution in [2.75, 3.05) is 11.9 Å². The second-order valence-electron chi connectivity index (χ2n) is 6.71. The largest absolute Gasteiger partial charge is 0.484 e. The van der Waals surface area contributed by atoms with E-state index in [4.69, 9.17) is 14.4 Å². The average Bonchev–Trinajstić information content (AvgIpc) is 3.27. The minimum atomic E-state index is -3.46. The second kappa shape index (κ2) is 10.4. The molecule has 0 aliphatic rings. The van der Waals surface area contributed by atoms with Gasteiger partial charge in [0, 0.05) is 12.2 Å². The summed E-state index contributed by atoms with van der Waals surface area (Å²) in [6.45, 7) is 3.70. The Kier molecular flexibility index (Phi) is 7.44. The molecule has 0 atom stereocenters. The lowest BCUT2D eigenvalue weighted by Crippen LogP contribution is -2.25. The van der Waals surface area contributed by atoms with Crippen LogP contribution in [0.1, 0.15) is 27.4 Å². The zero-order chi connectivity index (χ0) is 23.0. The molecular formula is C23H21N3O5S. The third-order valence-electron chi connectivity index (χ3n) is 4.28. The van der Waals surface area contributed by atoms with E-state index >= 15 is 0 Å². The third-order valence-corrected chi connectivity index (χ3v) is 5.60. The van der Waals surface area contributed by atoms with Crippen molar-refractivity contribution in [1.29, 1.82) is 5.26 Å².